The van der Waals surface area contributed by atoms with Crippen LogP contribution in [0.1, 0.15) is 66.2 Å². The molecule has 0 fully saturated rings. The van der Waals surface area contributed by atoms with Gasteiger partial charge in [0.1, 0.15) is 0 Å². The number of aliphatic hydroxyl groups is 2. The Hall–Kier alpha value is -0.640. The lowest BCUT2D eigenvalue weighted by molar-refractivity contribution is 0.127. The van der Waals surface area contributed by atoms with Gasteiger partial charge in [0.05, 0.1) is 13.2 Å². The summed E-state index contributed by atoms with van der Waals surface area (Å²) in [7, 11) is 0. The molecule has 130 valence electrons. The largest absolute Gasteiger partial charge is 0.394 e. The Kier molecular flexibility index (Phi) is 58.0. The van der Waals surface area contributed by atoms with E-state index in [-0.39, 0.29) is 13.2 Å². The monoisotopic (exact) mass is 304 g/mol. The maximum atomic E-state index is 7.62. The first kappa shape index (κ1) is 28.5. The molecule has 3 nitrogen and oxygen atoms in total. The molecular weight excluding hydrogens is 264 g/mol. The molecule has 3 heteroatoms. The number of allylic oxidation sites excluding steroid dienone is 2. The van der Waals surface area contributed by atoms with Crippen LogP contribution in [0.25, 0.3) is 0 Å². The van der Waals surface area contributed by atoms with Gasteiger partial charge in [-0.3, -0.25) is 0 Å². The van der Waals surface area contributed by atoms with Gasteiger partial charge in [-0.05, 0) is 26.7 Å². The quantitative estimate of drug-likeness (QED) is 0.478. The average Bonchev–Trinajstić information content (AvgIpc) is 2.48. The highest BCUT2D eigenvalue weighted by molar-refractivity contribution is 4.52. The van der Waals surface area contributed by atoms with Crippen molar-refractivity contribution in [1.82, 2.24) is 0 Å². The van der Waals surface area contributed by atoms with Crippen molar-refractivity contribution in [1.29, 1.82) is 0 Å². The van der Waals surface area contributed by atoms with Crippen molar-refractivity contribution in [2.45, 2.75) is 66.2 Å². The van der Waals surface area contributed by atoms with Crippen molar-refractivity contribution < 1.29 is 14.9 Å². The van der Waals surface area contributed by atoms with E-state index >= 15 is 0 Å². The fourth-order valence-electron chi connectivity index (χ4n) is 0.979. The lowest BCUT2D eigenvalue weighted by Crippen LogP contribution is -1.96. The normalized spacial score (nSPS) is 8.10. The minimum atomic E-state index is -0.125. The van der Waals surface area contributed by atoms with Crippen LogP contribution in [-0.2, 0) is 4.74 Å². The third kappa shape index (κ3) is 83.5. The molecule has 0 unspecified atom stereocenters. The van der Waals surface area contributed by atoms with Crippen LogP contribution in [-0.4, -0.2) is 36.6 Å². The smallest absolute Gasteiger partial charge is 0.0662 e. The lowest BCUT2D eigenvalue weighted by Gasteiger charge is -2.01. The number of ether oxygens (including phenoxy) is 1. The van der Waals surface area contributed by atoms with E-state index < -0.39 is 0 Å². The Bertz CT molecular complexity index is 131. The van der Waals surface area contributed by atoms with Gasteiger partial charge in [-0.25, -0.2) is 0 Å². The van der Waals surface area contributed by atoms with Gasteiger partial charge >= 0.3 is 0 Å². The standard InChI is InChI=1S/C10H22O.2C3H6.C2H6O2/c1-3-5-7-8-10-11-9-6-4-2;2*1-3-2;3-1-2-4/h3-10H2,1-2H3;2*3H,1H2,2H3;3-4H,1-2H2. The summed E-state index contributed by atoms with van der Waals surface area (Å²) in [6.07, 6.45) is 11.2. The van der Waals surface area contributed by atoms with Gasteiger partial charge in [0, 0.05) is 13.2 Å². The number of aliphatic hydroxyl groups excluding tert-OH is 2. The molecule has 0 aromatic heterocycles. The molecule has 0 aromatic carbocycles. The van der Waals surface area contributed by atoms with Crippen LogP contribution in [0.4, 0.5) is 0 Å². The van der Waals surface area contributed by atoms with Crippen molar-refractivity contribution in [3.8, 4) is 0 Å². The molecule has 0 amide bonds. The highest BCUT2D eigenvalue weighted by Crippen LogP contribution is 1.99. The summed E-state index contributed by atoms with van der Waals surface area (Å²) in [6.45, 7) is 16.6. The number of hydrogen-bond donors (Lipinski definition) is 2. The van der Waals surface area contributed by atoms with E-state index in [1.807, 2.05) is 13.8 Å². The topological polar surface area (TPSA) is 49.7 Å². The molecular formula is C18H40O3. The number of rotatable bonds is 9. The maximum Gasteiger partial charge on any atom is 0.0662 e. The van der Waals surface area contributed by atoms with Crippen LogP contribution in [0.2, 0.25) is 0 Å². The predicted octanol–water partition coefficient (Wildman–Crippen LogP) is 4.74. The molecule has 0 radical (unpaired) electrons. The van der Waals surface area contributed by atoms with E-state index in [2.05, 4.69) is 27.0 Å². The van der Waals surface area contributed by atoms with Gasteiger partial charge in [-0.15, -0.1) is 13.2 Å². The second-order valence-corrected chi connectivity index (χ2v) is 4.29. The fourth-order valence-corrected chi connectivity index (χ4v) is 0.979. The first-order chi connectivity index (χ1) is 10.2. The van der Waals surface area contributed by atoms with Crippen molar-refractivity contribution in [3.63, 3.8) is 0 Å². The first-order valence-corrected chi connectivity index (χ1v) is 8.10. The van der Waals surface area contributed by atoms with E-state index in [1.54, 1.807) is 12.2 Å². The SMILES string of the molecule is C=CC.C=CC.CCCCCCOCCCC.OCCO. The van der Waals surface area contributed by atoms with Crippen molar-refractivity contribution in [3.05, 3.63) is 25.3 Å². The summed E-state index contributed by atoms with van der Waals surface area (Å²) in [5.41, 5.74) is 0. The van der Waals surface area contributed by atoms with E-state index in [0.29, 0.717) is 0 Å². The molecule has 21 heavy (non-hydrogen) atoms. The van der Waals surface area contributed by atoms with Gasteiger partial charge in [-0.1, -0.05) is 51.7 Å². The molecule has 0 aromatic rings. The van der Waals surface area contributed by atoms with E-state index in [4.69, 9.17) is 14.9 Å². The Morgan fingerprint density at radius 3 is 1.48 bits per heavy atom. The van der Waals surface area contributed by atoms with Crippen LogP contribution in [0.15, 0.2) is 25.3 Å². The molecule has 0 aliphatic rings. The Balaban J connectivity index is -0.000000119. The molecule has 0 saturated carbocycles. The predicted molar refractivity (Wildman–Crippen MR) is 95.8 cm³/mol. The zero-order valence-corrected chi connectivity index (χ0v) is 14.9. The Morgan fingerprint density at radius 1 is 0.762 bits per heavy atom. The van der Waals surface area contributed by atoms with E-state index in [1.165, 1.54) is 38.5 Å². The zero-order valence-electron chi connectivity index (χ0n) is 14.9. The summed E-state index contributed by atoms with van der Waals surface area (Å²) < 4.78 is 5.42. The van der Waals surface area contributed by atoms with Crippen LogP contribution >= 0.6 is 0 Å². The first-order valence-electron chi connectivity index (χ1n) is 8.10. The Morgan fingerprint density at radius 2 is 1.14 bits per heavy atom. The van der Waals surface area contributed by atoms with Gasteiger partial charge in [0.2, 0.25) is 0 Å². The third-order valence-electron chi connectivity index (χ3n) is 1.88. The van der Waals surface area contributed by atoms with Gasteiger partial charge in [0.25, 0.3) is 0 Å². The summed E-state index contributed by atoms with van der Waals surface area (Å²) in [6, 6.07) is 0. The lowest BCUT2D eigenvalue weighted by atomic mass is 10.2. The maximum absolute atomic E-state index is 7.62. The molecule has 0 aliphatic carbocycles. The van der Waals surface area contributed by atoms with E-state index in [0.717, 1.165) is 13.2 Å². The Labute approximate surface area is 133 Å². The molecule has 0 atom stereocenters. The van der Waals surface area contributed by atoms with Gasteiger partial charge in [-0.2, -0.15) is 0 Å². The number of unbranched alkanes of at least 4 members (excludes halogenated alkanes) is 4. The summed E-state index contributed by atoms with van der Waals surface area (Å²) in [4.78, 5) is 0. The zero-order chi connectivity index (χ0) is 17.2. The summed E-state index contributed by atoms with van der Waals surface area (Å²) >= 11 is 0. The minimum Gasteiger partial charge on any atom is -0.394 e. The highest BCUT2D eigenvalue weighted by atomic mass is 16.5. The average molecular weight is 305 g/mol. The molecule has 0 bridgehead atoms. The minimum absolute atomic E-state index is 0.125. The van der Waals surface area contributed by atoms with Crippen molar-refractivity contribution >= 4 is 0 Å². The molecule has 0 aliphatic heterocycles. The van der Waals surface area contributed by atoms with Crippen LogP contribution in [0.5, 0.6) is 0 Å². The van der Waals surface area contributed by atoms with Gasteiger partial charge in [0.15, 0.2) is 0 Å². The van der Waals surface area contributed by atoms with Crippen LogP contribution in [0.3, 0.4) is 0 Å². The summed E-state index contributed by atoms with van der Waals surface area (Å²) in [5, 5.41) is 15.2. The summed E-state index contributed by atoms with van der Waals surface area (Å²) in [5.74, 6) is 0. The van der Waals surface area contributed by atoms with Crippen LogP contribution < -0.4 is 0 Å². The van der Waals surface area contributed by atoms with E-state index in [9.17, 15) is 0 Å². The number of hydrogen-bond acceptors (Lipinski definition) is 3. The molecule has 2 N–H and O–H groups in total. The molecule has 0 rings (SSSR count). The molecule has 0 heterocycles. The third-order valence-corrected chi connectivity index (χ3v) is 1.88. The van der Waals surface area contributed by atoms with Crippen molar-refractivity contribution in [2.75, 3.05) is 26.4 Å². The van der Waals surface area contributed by atoms with Gasteiger partial charge < -0.3 is 14.9 Å². The molecule has 0 spiro atoms. The van der Waals surface area contributed by atoms with Crippen LogP contribution in [0, 0.1) is 0 Å². The fraction of sp³-hybridized carbons (Fsp3) is 0.778. The highest BCUT2D eigenvalue weighted by Gasteiger charge is 1.88. The molecule has 0 saturated heterocycles. The van der Waals surface area contributed by atoms with Crippen molar-refractivity contribution in [2.24, 2.45) is 0 Å². The second-order valence-electron chi connectivity index (χ2n) is 4.29. The second kappa shape index (κ2) is 42.7.